The number of para-hydroxylation sites is 1. The van der Waals surface area contributed by atoms with Crippen molar-refractivity contribution in [2.75, 3.05) is 4.90 Å². The summed E-state index contributed by atoms with van der Waals surface area (Å²) >= 11 is 0. The van der Waals surface area contributed by atoms with E-state index in [-0.39, 0.29) is 5.41 Å². The third kappa shape index (κ3) is 5.78. The Hall–Kier alpha value is -8.00. The van der Waals surface area contributed by atoms with Gasteiger partial charge in [-0.1, -0.05) is 218 Å². The van der Waals surface area contributed by atoms with Crippen molar-refractivity contribution in [2.45, 2.75) is 12.3 Å². The predicted molar refractivity (Wildman–Crippen MR) is 267 cm³/mol. The summed E-state index contributed by atoms with van der Waals surface area (Å²) in [4.78, 5) is 2.54. The van der Waals surface area contributed by atoms with Crippen LogP contribution >= 0.6 is 0 Å². The molecule has 63 heavy (non-hydrogen) atoms. The lowest BCUT2D eigenvalue weighted by atomic mass is 9.74. The van der Waals surface area contributed by atoms with Crippen molar-refractivity contribution in [1.82, 2.24) is 0 Å². The van der Waals surface area contributed by atoms with Crippen LogP contribution in [0.4, 0.5) is 17.1 Å². The second kappa shape index (κ2) is 14.9. The molecular weight excluding hydrogens is 759 g/mol. The average Bonchev–Trinajstić information content (AvgIpc) is 3.63. The van der Waals surface area contributed by atoms with Gasteiger partial charge in [0.2, 0.25) is 0 Å². The molecule has 0 aliphatic heterocycles. The number of nitrogens with zero attached hydrogens (tertiary/aromatic N) is 1. The predicted octanol–water partition coefficient (Wildman–Crippen LogP) is 17.0. The smallest absolute Gasteiger partial charge is 0.0543 e. The van der Waals surface area contributed by atoms with Crippen LogP contribution in [0.3, 0.4) is 0 Å². The first kappa shape index (κ1) is 36.8. The average molecular weight is 802 g/mol. The van der Waals surface area contributed by atoms with Crippen molar-refractivity contribution in [1.29, 1.82) is 0 Å². The van der Waals surface area contributed by atoms with Gasteiger partial charge in [-0.05, 0) is 108 Å². The minimum absolute atomic E-state index is 0.335. The van der Waals surface area contributed by atoms with Crippen LogP contribution in [-0.4, -0.2) is 0 Å². The SMILES string of the molecule is CC1(c2ccccc2)c2ccccc2-c2c(N(c3ccccc3-c3ccc4c(c3)c(-c3ccccc3)c(-c3ccccc3)c3ccccc34)c3cccc4ccccc34)cccc21. The fourth-order valence-corrected chi connectivity index (χ4v) is 10.7. The van der Waals surface area contributed by atoms with Gasteiger partial charge >= 0.3 is 0 Å². The highest BCUT2D eigenvalue weighted by molar-refractivity contribution is 6.22. The van der Waals surface area contributed by atoms with E-state index >= 15 is 0 Å². The molecule has 0 bridgehead atoms. The van der Waals surface area contributed by atoms with E-state index in [4.69, 9.17) is 0 Å². The van der Waals surface area contributed by atoms with Crippen LogP contribution in [-0.2, 0) is 5.41 Å². The lowest BCUT2D eigenvalue weighted by molar-refractivity contribution is 0.714. The van der Waals surface area contributed by atoms with Gasteiger partial charge in [0.1, 0.15) is 0 Å². The Morgan fingerprint density at radius 1 is 0.302 bits per heavy atom. The van der Waals surface area contributed by atoms with E-state index in [1.807, 2.05) is 0 Å². The first-order chi connectivity index (χ1) is 31.2. The lowest BCUT2D eigenvalue weighted by Gasteiger charge is -2.32. The second-order valence-corrected chi connectivity index (χ2v) is 16.9. The maximum Gasteiger partial charge on any atom is 0.0543 e. The molecule has 296 valence electrons. The van der Waals surface area contributed by atoms with Gasteiger partial charge in [0, 0.05) is 21.9 Å². The van der Waals surface area contributed by atoms with E-state index in [2.05, 4.69) is 254 Å². The maximum atomic E-state index is 2.54. The molecule has 1 heteroatoms. The molecule has 0 saturated carbocycles. The number of rotatable bonds is 7. The minimum atomic E-state index is -0.335. The molecule has 1 aliphatic rings. The largest absolute Gasteiger partial charge is 0.309 e. The van der Waals surface area contributed by atoms with Gasteiger partial charge in [-0.2, -0.15) is 0 Å². The van der Waals surface area contributed by atoms with Gasteiger partial charge in [-0.25, -0.2) is 0 Å². The van der Waals surface area contributed by atoms with E-state index in [0.717, 1.165) is 28.2 Å². The summed E-state index contributed by atoms with van der Waals surface area (Å²) in [7, 11) is 0. The Bertz CT molecular complexity index is 3510. The van der Waals surface area contributed by atoms with Crippen molar-refractivity contribution >= 4 is 49.4 Å². The Labute approximate surface area is 368 Å². The monoisotopic (exact) mass is 801 g/mol. The summed E-state index contributed by atoms with van der Waals surface area (Å²) in [6.45, 7) is 2.40. The minimum Gasteiger partial charge on any atom is -0.309 e. The van der Waals surface area contributed by atoms with Crippen molar-refractivity contribution in [3.8, 4) is 44.5 Å². The van der Waals surface area contributed by atoms with Crippen LogP contribution in [0.2, 0.25) is 0 Å². The number of anilines is 3. The zero-order chi connectivity index (χ0) is 41.9. The molecule has 0 aromatic heterocycles. The van der Waals surface area contributed by atoms with E-state index in [0.29, 0.717) is 0 Å². The lowest BCUT2D eigenvalue weighted by Crippen LogP contribution is -2.22. The molecule has 0 radical (unpaired) electrons. The first-order valence-corrected chi connectivity index (χ1v) is 21.9. The summed E-state index contributed by atoms with van der Waals surface area (Å²) in [6.07, 6.45) is 0. The Balaban J connectivity index is 1.16. The van der Waals surface area contributed by atoms with E-state index in [1.165, 1.54) is 82.4 Å². The highest BCUT2D eigenvalue weighted by atomic mass is 15.1. The van der Waals surface area contributed by atoms with Crippen molar-refractivity contribution in [3.63, 3.8) is 0 Å². The van der Waals surface area contributed by atoms with Crippen molar-refractivity contribution in [2.24, 2.45) is 0 Å². The van der Waals surface area contributed by atoms with Crippen LogP contribution in [0.1, 0.15) is 23.6 Å². The molecule has 11 aromatic carbocycles. The van der Waals surface area contributed by atoms with Crippen LogP contribution in [0.5, 0.6) is 0 Å². The van der Waals surface area contributed by atoms with Crippen LogP contribution in [0.25, 0.3) is 76.8 Å². The van der Waals surface area contributed by atoms with Crippen molar-refractivity contribution in [3.05, 3.63) is 259 Å². The summed E-state index contributed by atoms with van der Waals surface area (Å²) in [5.41, 5.74) is 16.8. The van der Waals surface area contributed by atoms with Crippen LogP contribution < -0.4 is 4.90 Å². The summed E-state index contributed by atoms with van der Waals surface area (Å²) in [6, 6.07) is 89.4. The highest BCUT2D eigenvalue weighted by Gasteiger charge is 2.42. The molecule has 0 heterocycles. The number of hydrogen-bond acceptors (Lipinski definition) is 1. The van der Waals surface area contributed by atoms with E-state index in [1.54, 1.807) is 0 Å². The molecule has 0 saturated heterocycles. The van der Waals surface area contributed by atoms with Crippen LogP contribution in [0, 0.1) is 0 Å². The molecule has 1 aliphatic carbocycles. The molecule has 1 unspecified atom stereocenters. The molecule has 11 aromatic rings. The molecule has 1 nitrogen and oxygen atoms in total. The van der Waals surface area contributed by atoms with Crippen molar-refractivity contribution < 1.29 is 0 Å². The number of fused-ring (bicyclic) bond motifs is 7. The molecule has 0 amide bonds. The van der Waals surface area contributed by atoms with Gasteiger partial charge < -0.3 is 4.90 Å². The molecule has 0 N–H and O–H groups in total. The molecular formula is C62H43N. The standard InChI is InChI=1S/C62H43N/c1-62(46-27-9-4-10-28-46)54-34-17-15-33-52(54)61-55(62)35-20-38-58(61)63(57-37-19-26-42-21-11-12-29-47(42)57)56-36-18-16-30-48(56)45-39-40-50-49-31-13-14-32-51(49)59(43-22-5-2-6-23-43)60(53(50)41-45)44-24-7-3-8-25-44/h2-41H,1H3. The quantitative estimate of drug-likeness (QED) is 0.145. The Morgan fingerprint density at radius 3 is 1.57 bits per heavy atom. The van der Waals surface area contributed by atoms with E-state index < -0.39 is 0 Å². The highest BCUT2D eigenvalue weighted by Crippen LogP contribution is 2.58. The Morgan fingerprint density at radius 2 is 0.810 bits per heavy atom. The summed E-state index contributed by atoms with van der Waals surface area (Å²) in [5.74, 6) is 0. The Kier molecular flexibility index (Phi) is 8.69. The van der Waals surface area contributed by atoms with Crippen LogP contribution in [0.15, 0.2) is 243 Å². The van der Waals surface area contributed by atoms with Gasteiger partial charge in [0.15, 0.2) is 0 Å². The fraction of sp³-hybridized carbons (Fsp3) is 0.0323. The maximum absolute atomic E-state index is 2.54. The molecule has 12 rings (SSSR count). The fourth-order valence-electron chi connectivity index (χ4n) is 10.7. The summed E-state index contributed by atoms with van der Waals surface area (Å²) in [5, 5.41) is 7.39. The number of hydrogen-bond donors (Lipinski definition) is 0. The van der Waals surface area contributed by atoms with E-state index in [9.17, 15) is 0 Å². The normalized spacial score (nSPS) is 14.2. The second-order valence-electron chi connectivity index (χ2n) is 16.9. The van der Waals surface area contributed by atoms with Gasteiger partial charge in [-0.3, -0.25) is 0 Å². The topological polar surface area (TPSA) is 3.24 Å². The zero-order valence-corrected chi connectivity index (χ0v) is 35.0. The van der Waals surface area contributed by atoms with Gasteiger partial charge in [0.05, 0.1) is 17.1 Å². The molecule has 1 atom stereocenters. The molecule has 0 spiro atoms. The third-order valence-electron chi connectivity index (χ3n) is 13.5. The zero-order valence-electron chi connectivity index (χ0n) is 35.0. The number of benzene rings is 11. The molecule has 0 fully saturated rings. The third-order valence-corrected chi connectivity index (χ3v) is 13.5. The first-order valence-electron chi connectivity index (χ1n) is 21.9. The summed E-state index contributed by atoms with van der Waals surface area (Å²) < 4.78 is 0. The van der Waals surface area contributed by atoms with Gasteiger partial charge in [-0.15, -0.1) is 0 Å². The van der Waals surface area contributed by atoms with Gasteiger partial charge in [0.25, 0.3) is 0 Å².